The van der Waals surface area contributed by atoms with Crippen LogP contribution in [0.2, 0.25) is 0 Å². The second-order valence-electron chi connectivity index (χ2n) is 0. The van der Waals surface area contributed by atoms with E-state index in [1.807, 2.05) is 0 Å². The van der Waals surface area contributed by atoms with Gasteiger partial charge in [0.05, 0.1) is 0 Å². The molecule has 0 aromatic heterocycles. The monoisotopic (exact) mass is 354 g/mol. The van der Waals surface area contributed by atoms with Gasteiger partial charge in [0, 0.05) is 35.6 Å². The summed E-state index contributed by atoms with van der Waals surface area (Å²) in [4.78, 5) is 0. The molecule has 4 heavy (non-hydrogen) atoms. The van der Waals surface area contributed by atoms with Crippen molar-refractivity contribution >= 4 is 48.9 Å². The molecule has 0 aromatic rings. The molecule has 0 atom stereocenters. The molecule has 0 N–H and O–H groups in total. The Bertz CT molecular complexity index is 13.5. The molecule has 0 unspecified atom stereocenters. The van der Waals surface area contributed by atoms with Crippen LogP contribution in [0.4, 0.5) is 0 Å². The minimum atomic E-state index is 0. The second-order valence-corrected chi connectivity index (χ2v) is 0. The van der Waals surface area contributed by atoms with Crippen molar-refractivity contribution < 1.29 is 58.0 Å². The summed E-state index contributed by atoms with van der Waals surface area (Å²) in [5.74, 6) is 0. The summed E-state index contributed by atoms with van der Waals surface area (Å²) in [7, 11) is 0. The van der Waals surface area contributed by atoms with Gasteiger partial charge in [-0.25, -0.2) is 0 Å². The van der Waals surface area contributed by atoms with E-state index in [9.17, 15) is 0 Å². The Labute approximate surface area is 104 Å². The first kappa shape index (κ1) is 15.7. The maximum atomic E-state index is 7.94. The molecule has 0 amide bonds. The fourth-order valence-electron chi connectivity index (χ4n) is 0. The molecule has 22 valence electrons. The molecule has 0 heterocycles. The van der Waals surface area contributed by atoms with Crippen LogP contribution in [0.5, 0.6) is 0 Å². The van der Waals surface area contributed by atoms with Gasteiger partial charge in [-0.3, -0.25) is 0 Å². The fourth-order valence-corrected chi connectivity index (χ4v) is 0. The van der Waals surface area contributed by atoms with Gasteiger partial charge in [-0.15, -0.1) is 0 Å². The van der Waals surface area contributed by atoms with Crippen molar-refractivity contribution in [1.29, 1.82) is 0 Å². The van der Waals surface area contributed by atoms with Crippen LogP contribution in [0.25, 0.3) is 0 Å². The minimum absolute atomic E-state index is 0. The first-order chi connectivity index (χ1) is 1.00. The van der Waals surface area contributed by atoms with E-state index in [4.69, 9.17) is 3.87 Å². The molecule has 1 radical (unpaired) electrons. The average Bonchev–Trinajstić information content (AvgIpc) is 1.00. The normalized spacial score (nSPS) is 1.25. The van der Waals surface area contributed by atoms with E-state index in [2.05, 4.69) is 15.7 Å². The molecule has 0 fully saturated rings. The number of rotatable bonds is 0. The topological polar surface area (TPSA) is 17.1 Å². The zero-order valence-corrected chi connectivity index (χ0v) is 11.1. The molecular weight excluding hydrogens is 351 g/mol. The summed E-state index contributed by atoms with van der Waals surface area (Å²) in [5.41, 5.74) is 0. The molecule has 0 aliphatic carbocycles. The molecule has 1 nitrogen and oxygen atoms in total. The SMILES string of the molecule is [Ba+2].[H-].[H-].[La].[O]=[Co]. The Morgan fingerprint density at radius 1 is 1.50 bits per heavy atom. The van der Waals surface area contributed by atoms with Crippen LogP contribution in [-0.4, -0.2) is 48.9 Å². The van der Waals surface area contributed by atoms with Crippen molar-refractivity contribution in [3.63, 3.8) is 0 Å². The van der Waals surface area contributed by atoms with Crippen molar-refractivity contribution in [2.45, 2.75) is 0 Å². The maximum absolute atomic E-state index is 7.94. The zero-order valence-electron chi connectivity index (χ0n) is 4.03. The quantitative estimate of drug-likeness (QED) is 0.548. The Morgan fingerprint density at radius 3 is 1.50 bits per heavy atom. The third-order valence-corrected chi connectivity index (χ3v) is 0. The van der Waals surface area contributed by atoms with E-state index in [-0.39, 0.29) is 87.3 Å². The number of hydrogen-bond donors (Lipinski definition) is 0. The van der Waals surface area contributed by atoms with Gasteiger partial charge in [-0.2, -0.15) is 0 Å². The van der Waals surface area contributed by atoms with E-state index in [0.29, 0.717) is 0 Å². The molecule has 0 aliphatic heterocycles. The average molecular weight is 353 g/mol. The zero-order chi connectivity index (χ0) is 2.00. The molecule has 0 bridgehead atoms. The number of hydrogen-bond acceptors (Lipinski definition) is 1. The third kappa shape index (κ3) is 8.91. The third-order valence-electron chi connectivity index (χ3n) is 0. The van der Waals surface area contributed by atoms with Gasteiger partial charge in [-0.05, 0) is 0 Å². The Balaban J connectivity index is -0.000000000833. The van der Waals surface area contributed by atoms with Gasteiger partial charge in [0.15, 0.2) is 0 Å². The molecule has 0 saturated carbocycles. The molecule has 0 rings (SSSR count). The van der Waals surface area contributed by atoms with Crippen LogP contribution >= 0.6 is 0 Å². The Hall–Kier alpha value is 3.07. The van der Waals surface area contributed by atoms with Gasteiger partial charge < -0.3 is 2.85 Å². The first-order valence-electron chi connectivity index (χ1n) is 0.136. The van der Waals surface area contributed by atoms with Gasteiger partial charge >= 0.3 is 68.4 Å². The standard InChI is InChI=1S/Ba.Co.La.O.2H/q+2;;;;2*-1. The van der Waals surface area contributed by atoms with E-state index in [1.54, 1.807) is 0 Å². The summed E-state index contributed by atoms with van der Waals surface area (Å²) in [6.45, 7) is 0. The van der Waals surface area contributed by atoms with Gasteiger partial charge in [0.1, 0.15) is 0 Å². The van der Waals surface area contributed by atoms with E-state index in [1.165, 1.54) is 0 Å². The van der Waals surface area contributed by atoms with E-state index in [0.717, 1.165) is 0 Å². The second kappa shape index (κ2) is 16.6. The van der Waals surface area contributed by atoms with Crippen LogP contribution in [0.3, 0.4) is 0 Å². The summed E-state index contributed by atoms with van der Waals surface area (Å²) in [6, 6.07) is 0. The summed E-state index contributed by atoms with van der Waals surface area (Å²) in [6.07, 6.45) is 0. The van der Waals surface area contributed by atoms with Crippen LogP contribution in [0, 0.1) is 35.6 Å². The summed E-state index contributed by atoms with van der Waals surface area (Å²) in [5, 5.41) is 0. The van der Waals surface area contributed by atoms with Crippen molar-refractivity contribution in [2.75, 3.05) is 0 Å². The van der Waals surface area contributed by atoms with Gasteiger partial charge in [-0.1, -0.05) is 0 Å². The van der Waals surface area contributed by atoms with Crippen LogP contribution in [-0.2, 0) is 19.5 Å². The summed E-state index contributed by atoms with van der Waals surface area (Å²) >= 11 is 2.31. The van der Waals surface area contributed by atoms with Crippen molar-refractivity contribution in [3.8, 4) is 0 Å². The van der Waals surface area contributed by atoms with Crippen molar-refractivity contribution in [1.82, 2.24) is 0 Å². The van der Waals surface area contributed by atoms with E-state index >= 15 is 0 Å². The molecule has 0 aromatic carbocycles. The van der Waals surface area contributed by atoms with Crippen molar-refractivity contribution in [3.05, 3.63) is 0 Å². The molecule has 4 heteroatoms. The van der Waals surface area contributed by atoms with Crippen molar-refractivity contribution in [2.24, 2.45) is 0 Å². The Morgan fingerprint density at radius 2 is 1.50 bits per heavy atom. The molecule has 0 saturated heterocycles. The van der Waals surface area contributed by atoms with Crippen LogP contribution in [0.1, 0.15) is 2.85 Å². The van der Waals surface area contributed by atoms with Crippen LogP contribution < -0.4 is 0 Å². The summed E-state index contributed by atoms with van der Waals surface area (Å²) < 4.78 is 7.94. The molecule has 0 aliphatic rings. The molecular formula is H2BaCoLaO. The molecule has 0 spiro atoms. The fraction of sp³-hybridized carbons (Fsp3) is 0. The van der Waals surface area contributed by atoms with Gasteiger partial charge in [0.2, 0.25) is 0 Å². The predicted molar refractivity (Wildman–Crippen MR) is 8.66 cm³/mol. The van der Waals surface area contributed by atoms with E-state index < -0.39 is 0 Å². The van der Waals surface area contributed by atoms with Gasteiger partial charge in [0.25, 0.3) is 0 Å². The first-order valence-corrected chi connectivity index (χ1v) is 0.561. The van der Waals surface area contributed by atoms with Crippen LogP contribution in [0.15, 0.2) is 0 Å². The predicted octanol–water partition coefficient (Wildman–Crippen LogP) is -0.277. The Kier molecular flexibility index (Phi) is 65.1.